The van der Waals surface area contributed by atoms with Crippen molar-refractivity contribution in [3.8, 4) is 0 Å². The van der Waals surface area contributed by atoms with Crippen LogP contribution < -0.4 is 5.32 Å². The lowest BCUT2D eigenvalue weighted by atomic mass is 9.95. The van der Waals surface area contributed by atoms with Gasteiger partial charge in [-0.3, -0.25) is 4.79 Å². The van der Waals surface area contributed by atoms with E-state index in [1.807, 2.05) is 6.92 Å². The molecule has 0 amide bonds. The smallest absolute Gasteiger partial charge is 0.162 e. The lowest BCUT2D eigenvalue weighted by molar-refractivity contribution is -0.128. The summed E-state index contributed by atoms with van der Waals surface area (Å²) in [5.74, 6) is 0.464. The van der Waals surface area contributed by atoms with Crippen molar-refractivity contribution >= 4 is 5.78 Å². The molecule has 1 unspecified atom stereocenters. The summed E-state index contributed by atoms with van der Waals surface area (Å²) < 4.78 is 5.22. The Morgan fingerprint density at radius 2 is 2.46 bits per heavy atom. The molecule has 3 heteroatoms. The summed E-state index contributed by atoms with van der Waals surface area (Å²) in [6.07, 6.45) is 3.13. The third-order valence-corrected chi connectivity index (χ3v) is 2.35. The van der Waals surface area contributed by atoms with Gasteiger partial charge in [-0.15, -0.1) is 0 Å². The minimum atomic E-state index is 0.200. The fourth-order valence-corrected chi connectivity index (χ4v) is 1.56. The molecule has 13 heavy (non-hydrogen) atoms. The van der Waals surface area contributed by atoms with E-state index in [1.165, 1.54) is 0 Å². The van der Waals surface area contributed by atoms with Gasteiger partial charge in [-0.05, 0) is 25.8 Å². The molecule has 1 atom stereocenters. The van der Waals surface area contributed by atoms with Gasteiger partial charge in [-0.2, -0.15) is 0 Å². The molecule has 76 valence electrons. The summed E-state index contributed by atoms with van der Waals surface area (Å²) in [4.78, 5) is 11.5. The Balaban J connectivity index is 2.13. The van der Waals surface area contributed by atoms with E-state index in [0.29, 0.717) is 13.2 Å². The van der Waals surface area contributed by atoms with Crippen LogP contribution in [0.2, 0.25) is 0 Å². The molecule has 1 rings (SSSR count). The highest BCUT2D eigenvalue weighted by Gasteiger charge is 2.20. The van der Waals surface area contributed by atoms with Crippen molar-refractivity contribution in [1.82, 2.24) is 5.32 Å². The molecule has 0 aliphatic carbocycles. The molecule has 0 spiro atoms. The van der Waals surface area contributed by atoms with Crippen molar-refractivity contribution in [2.45, 2.75) is 26.2 Å². The summed E-state index contributed by atoms with van der Waals surface area (Å²) >= 11 is 0. The second-order valence-corrected chi connectivity index (χ2v) is 3.56. The molecule has 1 N–H and O–H groups in total. The van der Waals surface area contributed by atoms with Gasteiger partial charge in [0.2, 0.25) is 0 Å². The number of Topliss-reactive ketones (excluding diaryl/α,β-unsaturated/α-hetero) is 1. The van der Waals surface area contributed by atoms with Crippen LogP contribution in [0, 0.1) is 5.92 Å². The van der Waals surface area contributed by atoms with E-state index < -0.39 is 0 Å². The van der Waals surface area contributed by atoms with Crippen LogP contribution in [0.1, 0.15) is 26.2 Å². The fourth-order valence-electron chi connectivity index (χ4n) is 1.56. The predicted molar refractivity (Wildman–Crippen MR) is 51.7 cm³/mol. The van der Waals surface area contributed by atoms with Crippen molar-refractivity contribution in [3.05, 3.63) is 0 Å². The first-order chi connectivity index (χ1) is 6.34. The molecule has 0 aromatic rings. The average Bonchev–Trinajstić information content (AvgIpc) is 2.19. The van der Waals surface area contributed by atoms with Gasteiger partial charge in [0, 0.05) is 19.1 Å². The van der Waals surface area contributed by atoms with E-state index in [9.17, 15) is 4.79 Å². The molecular formula is C10H19NO2. The van der Waals surface area contributed by atoms with Gasteiger partial charge >= 0.3 is 0 Å². The maximum atomic E-state index is 11.5. The van der Waals surface area contributed by atoms with E-state index in [0.717, 1.165) is 32.4 Å². The highest BCUT2D eigenvalue weighted by atomic mass is 16.5. The van der Waals surface area contributed by atoms with Gasteiger partial charge in [0.25, 0.3) is 0 Å². The summed E-state index contributed by atoms with van der Waals surface area (Å²) in [7, 11) is 0. The minimum absolute atomic E-state index is 0.200. The molecule has 1 heterocycles. The number of rotatable bonds is 5. The maximum absolute atomic E-state index is 11.5. The normalized spacial score (nSPS) is 23.0. The van der Waals surface area contributed by atoms with Crippen molar-refractivity contribution in [2.24, 2.45) is 5.92 Å². The van der Waals surface area contributed by atoms with E-state index in [-0.39, 0.29) is 11.7 Å². The topological polar surface area (TPSA) is 38.3 Å². The molecular weight excluding hydrogens is 166 g/mol. The Morgan fingerprint density at radius 1 is 1.62 bits per heavy atom. The van der Waals surface area contributed by atoms with Gasteiger partial charge < -0.3 is 10.1 Å². The molecule has 1 saturated heterocycles. The Kier molecular flexibility index (Phi) is 5.01. The number of piperidine rings is 1. The molecule has 0 aromatic heterocycles. The highest BCUT2D eigenvalue weighted by molar-refractivity contribution is 5.82. The number of hydrogen-bond acceptors (Lipinski definition) is 3. The number of carbonyl (C=O) groups is 1. The van der Waals surface area contributed by atoms with Crippen LogP contribution in [0.3, 0.4) is 0 Å². The van der Waals surface area contributed by atoms with Gasteiger partial charge in [-0.1, -0.05) is 6.92 Å². The molecule has 0 bridgehead atoms. The van der Waals surface area contributed by atoms with Crippen LogP contribution in [-0.4, -0.2) is 32.1 Å². The zero-order chi connectivity index (χ0) is 9.52. The first kappa shape index (κ1) is 10.7. The van der Waals surface area contributed by atoms with Gasteiger partial charge in [0.15, 0.2) is 5.78 Å². The second-order valence-electron chi connectivity index (χ2n) is 3.56. The van der Waals surface area contributed by atoms with Gasteiger partial charge in [-0.25, -0.2) is 0 Å². The monoisotopic (exact) mass is 185 g/mol. The zero-order valence-electron chi connectivity index (χ0n) is 8.34. The van der Waals surface area contributed by atoms with Crippen LogP contribution in [0.15, 0.2) is 0 Å². The summed E-state index contributed by atoms with van der Waals surface area (Å²) in [6, 6.07) is 0. The molecule has 1 aliphatic heterocycles. The summed E-state index contributed by atoms with van der Waals surface area (Å²) in [5, 5.41) is 3.23. The Bertz CT molecular complexity index is 153. The molecule has 0 saturated carbocycles. The van der Waals surface area contributed by atoms with Gasteiger partial charge in [0.05, 0.1) is 0 Å². The molecule has 3 nitrogen and oxygen atoms in total. The van der Waals surface area contributed by atoms with Crippen molar-refractivity contribution in [3.63, 3.8) is 0 Å². The Hall–Kier alpha value is -0.410. The van der Waals surface area contributed by atoms with E-state index in [4.69, 9.17) is 4.74 Å². The van der Waals surface area contributed by atoms with E-state index in [1.54, 1.807) is 0 Å². The molecule has 0 aromatic carbocycles. The molecule has 1 aliphatic rings. The Morgan fingerprint density at radius 3 is 3.08 bits per heavy atom. The first-order valence-corrected chi connectivity index (χ1v) is 5.15. The van der Waals surface area contributed by atoms with Crippen LogP contribution >= 0.6 is 0 Å². The lowest BCUT2D eigenvalue weighted by Gasteiger charge is -2.21. The summed E-state index contributed by atoms with van der Waals surface area (Å²) in [5.41, 5.74) is 0. The van der Waals surface area contributed by atoms with Gasteiger partial charge in [0.1, 0.15) is 6.61 Å². The third-order valence-electron chi connectivity index (χ3n) is 2.35. The largest absolute Gasteiger partial charge is 0.374 e. The Labute approximate surface area is 79.8 Å². The van der Waals surface area contributed by atoms with Crippen LogP contribution in [0.4, 0.5) is 0 Å². The van der Waals surface area contributed by atoms with Crippen LogP contribution in [0.25, 0.3) is 0 Å². The average molecular weight is 185 g/mol. The maximum Gasteiger partial charge on any atom is 0.162 e. The van der Waals surface area contributed by atoms with Crippen molar-refractivity contribution in [2.75, 3.05) is 26.3 Å². The number of carbonyl (C=O) groups excluding carboxylic acids is 1. The zero-order valence-corrected chi connectivity index (χ0v) is 8.34. The number of ketones is 1. The third kappa shape index (κ3) is 3.87. The number of nitrogens with one attached hydrogen (secondary N) is 1. The van der Waals surface area contributed by atoms with Crippen molar-refractivity contribution in [1.29, 1.82) is 0 Å². The predicted octanol–water partition coefficient (Wildman–Crippen LogP) is 0.982. The lowest BCUT2D eigenvalue weighted by Crippen LogP contribution is -2.36. The molecule has 0 radical (unpaired) electrons. The van der Waals surface area contributed by atoms with Crippen LogP contribution in [-0.2, 0) is 9.53 Å². The number of hydrogen-bond donors (Lipinski definition) is 1. The highest BCUT2D eigenvalue weighted by Crippen LogP contribution is 2.10. The second kappa shape index (κ2) is 6.11. The quantitative estimate of drug-likeness (QED) is 0.649. The number of ether oxygens (including phenoxy) is 1. The standard InChI is InChI=1S/C10H19NO2/c1-2-6-13-8-10(12)9-4-3-5-11-7-9/h9,11H,2-8H2,1H3. The van der Waals surface area contributed by atoms with Crippen molar-refractivity contribution < 1.29 is 9.53 Å². The summed E-state index contributed by atoms with van der Waals surface area (Å²) in [6.45, 7) is 4.95. The van der Waals surface area contributed by atoms with Crippen LogP contribution in [0.5, 0.6) is 0 Å². The van der Waals surface area contributed by atoms with E-state index in [2.05, 4.69) is 5.32 Å². The first-order valence-electron chi connectivity index (χ1n) is 5.15. The SMILES string of the molecule is CCCOCC(=O)C1CCCNC1. The minimum Gasteiger partial charge on any atom is -0.374 e. The van der Waals surface area contributed by atoms with E-state index >= 15 is 0 Å². The molecule has 1 fully saturated rings. The fraction of sp³-hybridized carbons (Fsp3) is 0.900.